The van der Waals surface area contributed by atoms with Crippen molar-refractivity contribution in [3.8, 4) is 17.2 Å². The number of benzene rings is 2. The number of aliphatic carboxylic acids is 1. The highest BCUT2D eigenvalue weighted by atomic mass is 16.4. The van der Waals surface area contributed by atoms with E-state index in [0.717, 1.165) is 60.1 Å². The third-order valence-corrected chi connectivity index (χ3v) is 6.08. The SMILES string of the molecule is CCCCc1ccc2nc(N3CCCC(C(=O)O)C3)cc(-c3cccc(C#N)c3)c2c1. The van der Waals surface area contributed by atoms with Crippen LogP contribution >= 0.6 is 0 Å². The molecule has 5 nitrogen and oxygen atoms in total. The summed E-state index contributed by atoms with van der Waals surface area (Å²) in [5, 5.41) is 19.9. The fourth-order valence-corrected chi connectivity index (χ4v) is 4.34. The van der Waals surface area contributed by atoms with Crippen LogP contribution in [0.25, 0.3) is 22.0 Å². The molecule has 5 heteroatoms. The Kier molecular flexibility index (Phi) is 6.18. The monoisotopic (exact) mass is 413 g/mol. The van der Waals surface area contributed by atoms with Crippen molar-refractivity contribution in [2.45, 2.75) is 39.0 Å². The van der Waals surface area contributed by atoms with Gasteiger partial charge in [0.15, 0.2) is 0 Å². The first-order chi connectivity index (χ1) is 15.1. The van der Waals surface area contributed by atoms with Crippen molar-refractivity contribution in [3.63, 3.8) is 0 Å². The van der Waals surface area contributed by atoms with E-state index in [0.29, 0.717) is 18.5 Å². The van der Waals surface area contributed by atoms with Gasteiger partial charge in [-0.15, -0.1) is 0 Å². The van der Waals surface area contributed by atoms with E-state index in [4.69, 9.17) is 4.98 Å². The second-order valence-corrected chi connectivity index (χ2v) is 8.30. The number of piperidine rings is 1. The normalized spacial score (nSPS) is 16.3. The van der Waals surface area contributed by atoms with Gasteiger partial charge < -0.3 is 10.0 Å². The van der Waals surface area contributed by atoms with E-state index < -0.39 is 5.97 Å². The minimum atomic E-state index is -0.743. The minimum Gasteiger partial charge on any atom is -0.481 e. The molecule has 0 saturated carbocycles. The van der Waals surface area contributed by atoms with Gasteiger partial charge in [0, 0.05) is 18.5 Å². The Morgan fingerprint density at radius 2 is 2.13 bits per heavy atom. The molecule has 1 fully saturated rings. The van der Waals surface area contributed by atoms with Crippen molar-refractivity contribution in [1.29, 1.82) is 5.26 Å². The zero-order valence-corrected chi connectivity index (χ0v) is 17.8. The fraction of sp³-hybridized carbons (Fsp3) is 0.346. The molecule has 158 valence electrons. The van der Waals surface area contributed by atoms with E-state index in [1.807, 2.05) is 24.3 Å². The molecular formula is C26H27N3O2. The zero-order chi connectivity index (χ0) is 21.8. The Hall–Kier alpha value is -3.39. The summed E-state index contributed by atoms with van der Waals surface area (Å²) in [5.74, 6) is -0.307. The Labute approximate surface area is 183 Å². The number of hydrogen-bond acceptors (Lipinski definition) is 4. The number of rotatable bonds is 6. The number of aryl methyl sites for hydroxylation is 1. The van der Waals surface area contributed by atoms with Crippen LogP contribution in [-0.4, -0.2) is 29.1 Å². The summed E-state index contributed by atoms with van der Waals surface area (Å²) in [7, 11) is 0. The van der Waals surface area contributed by atoms with Gasteiger partial charge in [-0.3, -0.25) is 4.79 Å². The summed E-state index contributed by atoms with van der Waals surface area (Å²) in [4.78, 5) is 18.5. The van der Waals surface area contributed by atoms with Crippen LogP contribution in [0.3, 0.4) is 0 Å². The van der Waals surface area contributed by atoms with Gasteiger partial charge in [0.05, 0.1) is 23.1 Å². The number of fused-ring (bicyclic) bond motifs is 1. The van der Waals surface area contributed by atoms with E-state index in [1.165, 1.54) is 5.56 Å². The third-order valence-electron chi connectivity index (χ3n) is 6.08. The highest BCUT2D eigenvalue weighted by Crippen LogP contribution is 2.34. The predicted molar refractivity (Wildman–Crippen MR) is 123 cm³/mol. The molecule has 0 bridgehead atoms. The number of hydrogen-bond donors (Lipinski definition) is 1. The maximum absolute atomic E-state index is 11.5. The van der Waals surface area contributed by atoms with Crippen molar-refractivity contribution >= 4 is 22.7 Å². The Morgan fingerprint density at radius 1 is 1.26 bits per heavy atom. The van der Waals surface area contributed by atoms with Crippen molar-refractivity contribution in [1.82, 2.24) is 4.98 Å². The number of carbonyl (C=O) groups is 1. The molecule has 2 aromatic carbocycles. The number of nitriles is 1. The molecule has 1 aromatic heterocycles. The van der Waals surface area contributed by atoms with Crippen molar-refractivity contribution < 1.29 is 9.90 Å². The second-order valence-electron chi connectivity index (χ2n) is 8.30. The van der Waals surface area contributed by atoms with Crippen LogP contribution in [-0.2, 0) is 11.2 Å². The average molecular weight is 414 g/mol. The number of aromatic nitrogens is 1. The molecule has 0 amide bonds. The van der Waals surface area contributed by atoms with E-state index >= 15 is 0 Å². The smallest absolute Gasteiger partial charge is 0.308 e. The van der Waals surface area contributed by atoms with Crippen molar-refractivity contribution in [2.24, 2.45) is 5.92 Å². The van der Waals surface area contributed by atoms with Gasteiger partial charge in [0.2, 0.25) is 0 Å². The molecule has 0 radical (unpaired) electrons. The van der Waals surface area contributed by atoms with Crippen LogP contribution in [0.4, 0.5) is 5.82 Å². The lowest BCUT2D eigenvalue weighted by Gasteiger charge is -2.32. The minimum absolute atomic E-state index is 0.368. The summed E-state index contributed by atoms with van der Waals surface area (Å²) in [5.41, 5.74) is 4.81. The summed E-state index contributed by atoms with van der Waals surface area (Å²) in [6.07, 6.45) is 4.86. The van der Waals surface area contributed by atoms with E-state index in [9.17, 15) is 15.2 Å². The highest BCUT2D eigenvalue weighted by molar-refractivity contribution is 5.96. The summed E-state index contributed by atoms with van der Waals surface area (Å²) in [6, 6.07) is 18.4. The molecule has 1 aliphatic rings. The first-order valence-electron chi connectivity index (χ1n) is 11.0. The first-order valence-corrected chi connectivity index (χ1v) is 11.0. The molecule has 1 saturated heterocycles. The second kappa shape index (κ2) is 9.18. The highest BCUT2D eigenvalue weighted by Gasteiger charge is 2.26. The van der Waals surface area contributed by atoms with Crippen LogP contribution in [0.1, 0.15) is 43.7 Å². The standard InChI is InChI=1S/C26H27N3O2/c1-2-3-6-18-10-11-24-23(14-18)22(20-8-4-7-19(13-20)16-27)15-25(28-24)29-12-5-9-21(17-29)26(30)31/h4,7-8,10-11,13-15,21H,2-3,5-6,9,12,17H2,1H3,(H,30,31). The maximum Gasteiger partial charge on any atom is 0.308 e. The Bertz CT molecular complexity index is 1150. The lowest BCUT2D eigenvalue weighted by atomic mass is 9.95. The average Bonchev–Trinajstić information content (AvgIpc) is 2.82. The first kappa shape index (κ1) is 20.9. The van der Waals surface area contributed by atoms with Crippen LogP contribution in [0.2, 0.25) is 0 Å². The molecule has 1 aliphatic heterocycles. The number of unbranched alkanes of at least 4 members (excludes halogenated alkanes) is 1. The number of nitrogens with zero attached hydrogens (tertiary/aromatic N) is 3. The van der Waals surface area contributed by atoms with Gasteiger partial charge >= 0.3 is 5.97 Å². The topological polar surface area (TPSA) is 77.2 Å². The molecule has 1 N–H and O–H groups in total. The van der Waals surface area contributed by atoms with Crippen LogP contribution in [0.5, 0.6) is 0 Å². The van der Waals surface area contributed by atoms with Crippen molar-refractivity contribution in [3.05, 3.63) is 59.7 Å². The van der Waals surface area contributed by atoms with E-state index in [1.54, 1.807) is 0 Å². The summed E-state index contributed by atoms with van der Waals surface area (Å²) in [6.45, 7) is 3.46. The molecule has 4 rings (SSSR count). The Balaban J connectivity index is 1.84. The molecule has 0 spiro atoms. The number of carboxylic acids is 1. The zero-order valence-electron chi connectivity index (χ0n) is 17.8. The lowest BCUT2D eigenvalue weighted by molar-refractivity contribution is -0.141. The molecule has 3 aromatic rings. The molecule has 0 aliphatic carbocycles. The summed E-state index contributed by atoms with van der Waals surface area (Å²) < 4.78 is 0. The molecule has 2 heterocycles. The van der Waals surface area contributed by atoms with Crippen LogP contribution in [0.15, 0.2) is 48.5 Å². The van der Waals surface area contributed by atoms with Gasteiger partial charge in [0.1, 0.15) is 5.82 Å². The largest absolute Gasteiger partial charge is 0.481 e. The third kappa shape index (κ3) is 4.54. The van der Waals surface area contributed by atoms with Gasteiger partial charge in [-0.2, -0.15) is 5.26 Å². The van der Waals surface area contributed by atoms with Gasteiger partial charge in [0.25, 0.3) is 0 Å². The predicted octanol–water partition coefficient (Wildman–Crippen LogP) is 5.42. The number of anilines is 1. The molecule has 1 unspecified atom stereocenters. The van der Waals surface area contributed by atoms with Gasteiger partial charge in [-0.1, -0.05) is 31.5 Å². The Morgan fingerprint density at radius 3 is 2.90 bits per heavy atom. The maximum atomic E-state index is 11.5. The van der Waals surface area contributed by atoms with E-state index in [2.05, 4.69) is 42.2 Å². The van der Waals surface area contributed by atoms with Crippen LogP contribution in [0, 0.1) is 17.2 Å². The van der Waals surface area contributed by atoms with Gasteiger partial charge in [-0.05, 0) is 72.7 Å². The number of carboxylic acid groups (broad SMARTS) is 1. The summed E-state index contributed by atoms with van der Waals surface area (Å²) >= 11 is 0. The van der Waals surface area contributed by atoms with Crippen LogP contribution < -0.4 is 4.90 Å². The quantitative estimate of drug-likeness (QED) is 0.584. The molecular weight excluding hydrogens is 386 g/mol. The van der Waals surface area contributed by atoms with E-state index in [-0.39, 0.29) is 5.92 Å². The fourth-order valence-electron chi connectivity index (χ4n) is 4.34. The number of pyridine rings is 1. The van der Waals surface area contributed by atoms with Gasteiger partial charge in [-0.25, -0.2) is 4.98 Å². The lowest BCUT2D eigenvalue weighted by Crippen LogP contribution is -2.39. The molecule has 1 atom stereocenters. The molecule has 31 heavy (non-hydrogen) atoms. The van der Waals surface area contributed by atoms with Crippen molar-refractivity contribution in [2.75, 3.05) is 18.0 Å².